The second-order valence-electron chi connectivity index (χ2n) is 5.16. The van der Waals surface area contributed by atoms with Crippen LogP contribution in [0.3, 0.4) is 0 Å². The zero-order valence-corrected chi connectivity index (χ0v) is 12.6. The largest absolute Gasteiger partial charge is 0.491 e. The molecule has 0 saturated carbocycles. The molecule has 0 saturated heterocycles. The van der Waals surface area contributed by atoms with Crippen LogP contribution in [0.25, 0.3) is 0 Å². The van der Waals surface area contributed by atoms with Gasteiger partial charge in [0.25, 0.3) is 0 Å². The number of hydrogen-bond acceptors (Lipinski definition) is 3. The van der Waals surface area contributed by atoms with E-state index < -0.39 is 0 Å². The molecular weight excluding hydrogens is 264 g/mol. The minimum Gasteiger partial charge on any atom is -0.491 e. The van der Waals surface area contributed by atoms with Gasteiger partial charge in [-0.15, -0.1) is 0 Å². The van der Waals surface area contributed by atoms with E-state index in [9.17, 15) is 4.79 Å². The van der Waals surface area contributed by atoms with Gasteiger partial charge >= 0.3 is 0 Å². The molecule has 2 aromatic rings. The molecule has 0 amide bonds. The van der Waals surface area contributed by atoms with Crippen LogP contribution in [0.5, 0.6) is 11.5 Å². The normalized spacial score (nSPS) is 10.5. The maximum absolute atomic E-state index is 11.7. The van der Waals surface area contributed by atoms with Gasteiger partial charge in [0.15, 0.2) is 5.78 Å². The third kappa shape index (κ3) is 4.35. The molecule has 0 bridgehead atoms. The number of Topliss-reactive ketones (excluding diaryl/α,β-unsaturated/α-hetero) is 1. The SMILES string of the molecule is CC(=O)c1ccc(OC(C)C)cc1OCc1ccccc1. The van der Waals surface area contributed by atoms with Gasteiger partial charge in [0.05, 0.1) is 11.7 Å². The fraction of sp³-hybridized carbons (Fsp3) is 0.278. The van der Waals surface area contributed by atoms with E-state index in [0.717, 1.165) is 5.56 Å². The molecular formula is C18H20O3. The van der Waals surface area contributed by atoms with E-state index in [-0.39, 0.29) is 11.9 Å². The van der Waals surface area contributed by atoms with Gasteiger partial charge in [0, 0.05) is 6.07 Å². The Bertz CT molecular complexity index is 603. The monoisotopic (exact) mass is 284 g/mol. The molecule has 2 aromatic carbocycles. The van der Waals surface area contributed by atoms with Crippen molar-refractivity contribution in [1.29, 1.82) is 0 Å². The summed E-state index contributed by atoms with van der Waals surface area (Å²) in [5.74, 6) is 1.25. The van der Waals surface area contributed by atoms with Crippen LogP contribution in [0.4, 0.5) is 0 Å². The highest BCUT2D eigenvalue weighted by atomic mass is 16.5. The summed E-state index contributed by atoms with van der Waals surface area (Å²) < 4.78 is 11.5. The van der Waals surface area contributed by atoms with E-state index in [1.54, 1.807) is 18.2 Å². The van der Waals surface area contributed by atoms with E-state index >= 15 is 0 Å². The molecule has 21 heavy (non-hydrogen) atoms. The Morgan fingerprint density at radius 3 is 2.43 bits per heavy atom. The minimum absolute atomic E-state index is 0.0193. The molecule has 0 N–H and O–H groups in total. The average Bonchev–Trinajstić information content (AvgIpc) is 2.45. The molecule has 0 heterocycles. The van der Waals surface area contributed by atoms with Crippen molar-refractivity contribution in [3.8, 4) is 11.5 Å². The van der Waals surface area contributed by atoms with E-state index in [0.29, 0.717) is 23.7 Å². The van der Waals surface area contributed by atoms with Crippen LogP contribution >= 0.6 is 0 Å². The number of carbonyl (C=O) groups excluding carboxylic acids is 1. The van der Waals surface area contributed by atoms with Crippen LogP contribution in [0.2, 0.25) is 0 Å². The van der Waals surface area contributed by atoms with Gasteiger partial charge in [-0.05, 0) is 38.5 Å². The highest BCUT2D eigenvalue weighted by Gasteiger charge is 2.11. The summed E-state index contributed by atoms with van der Waals surface area (Å²) in [7, 11) is 0. The highest BCUT2D eigenvalue weighted by molar-refractivity contribution is 5.97. The maximum atomic E-state index is 11.7. The molecule has 0 aliphatic rings. The molecule has 3 nitrogen and oxygen atoms in total. The number of carbonyl (C=O) groups is 1. The Hall–Kier alpha value is -2.29. The first-order valence-corrected chi connectivity index (χ1v) is 7.04. The maximum Gasteiger partial charge on any atom is 0.163 e. The lowest BCUT2D eigenvalue weighted by atomic mass is 10.1. The van der Waals surface area contributed by atoms with Crippen LogP contribution in [0.15, 0.2) is 48.5 Å². The van der Waals surface area contributed by atoms with Crippen LogP contribution in [0.1, 0.15) is 36.7 Å². The summed E-state index contributed by atoms with van der Waals surface area (Å²) in [6, 6.07) is 15.2. The Labute approximate surface area is 125 Å². The van der Waals surface area contributed by atoms with Crippen LogP contribution < -0.4 is 9.47 Å². The Morgan fingerprint density at radius 2 is 1.81 bits per heavy atom. The third-order valence-corrected chi connectivity index (χ3v) is 2.94. The van der Waals surface area contributed by atoms with Crippen LogP contribution in [-0.2, 0) is 6.61 Å². The predicted molar refractivity (Wildman–Crippen MR) is 83.0 cm³/mol. The summed E-state index contributed by atoms with van der Waals surface area (Å²) in [6.45, 7) is 5.88. The van der Waals surface area contributed by atoms with Gasteiger partial charge in [-0.3, -0.25) is 4.79 Å². The van der Waals surface area contributed by atoms with Gasteiger partial charge in [-0.2, -0.15) is 0 Å². The Morgan fingerprint density at radius 1 is 1.10 bits per heavy atom. The molecule has 0 atom stereocenters. The molecule has 0 radical (unpaired) electrons. The molecule has 110 valence electrons. The van der Waals surface area contributed by atoms with Crippen LogP contribution in [0, 0.1) is 0 Å². The fourth-order valence-corrected chi connectivity index (χ4v) is 1.99. The molecule has 0 unspecified atom stereocenters. The minimum atomic E-state index is -0.0193. The summed E-state index contributed by atoms with van der Waals surface area (Å²) in [4.78, 5) is 11.7. The van der Waals surface area contributed by atoms with Gasteiger partial charge in [0.1, 0.15) is 18.1 Å². The smallest absolute Gasteiger partial charge is 0.163 e. The number of rotatable bonds is 6. The van der Waals surface area contributed by atoms with Crippen molar-refractivity contribution in [3.63, 3.8) is 0 Å². The van der Waals surface area contributed by atoms with Gasteiger partial charge in [0.2, 0.25) is 0 Å². The quantitative estimate of drug-likeness (QED) is 0.744. The van der Waals surface area contributed by atoms with Crippen molar-refractivity contribution >= 4 is 5.78 Å². The van der Waals surface area contributed by atoms with E-state index in [1.165, 1.54) is 6.92 Å². The number of ketones is 1. The summed E-state index contributed by atoms with van der Waals surface area (Å²) >= 11 is 0. The van der Waals surface area contributed by atoms with Crippen molar-refractivity contribution < 1.29 is 14.3 Å². The first-order chi connectivity index (χ1) is 10.1. The highest BCUT2D eigenvalue weighted by Crippen LogP contribution is 2.27. The zero-order chi connectivity index (χ0) is 15.2. The van der Waals surface area contributed by atoms with Crippen molar-refractivity contribution in [2.24, 2.45) is 0 Å². The number of ether oxygens (including phenoxy) is 2. The van der Waals surface area contributed by atoms with E-state index in [1.807, 2.05) is 44.2 Å². The summed E-state index contributed by atoms with van der Waals surface area (Å²) in [5, 5.41) is 0. The fourth-order valence-electron chi connectivity index (χ4n) is 1.99. The van der Waals surface area contributed by atoms with Crippen molar-refractivity contribution in [1.82, 2.24) is 0 Å². The van der Waals surface area contributed by atoms with Gasteiger partial charge < -0.3 is 9.47 Å². The lowest BCUT2D eigenvalue weighted by Crippen LogP contribution is -2.07. The summed E-state index contributed by atoms with van der Waals surface area (Å²) in [5.41, 5.74) is 1.63. The average molecular weight is 284 g/mol. The van der Waals surface area contributed by atoms with Gasteiger partial charge in [-0.25, -0.2) is 0 Å². The second kappa shape index (κ2) is 6.93. The zero-order valence-electron chi connectivity index (χ0n) is 12.6. The van der Waals surface area contributed by atoms with Gasteiger partial charge in [-0.1, -0.05) is 30.3 Å². The molecule has 0 aromatic heterocycles. The lowest BCUT2D eigenvalue weighted by molar-refractivity contribution is 0.101. The first kappa shape index (κ1) is 15.1. The van der Waals surface area contributed by atoms with E-state index in [4.69, 9.17) is 9.47 Å². The molecule has 0 fully saturated rings. The Kier molecular flexibility index (Phi) is 4.99. The van der Waals surface area contributed by atoms with Crippen LogP contribution in [-0.4, -0.2) is 11.9 Å². The second-order valence-corrected chi connectivity index (χ2v) is 5.16. The molecule has 0 aliphatic heterocycles. The van der Waals surface area contributed by atoms with Crippen molar-refractivity contribution in [3.05, 3.63) is 59.7 Å². The Balaban J connectivity index is 2.20. The lowest BCUT2D eigenvalue weighted by Gasteiger charge is -2.14. The first-order valence-electron chi connectivity index (χ1n) is 7.04. The standard InChI is InChI=1S/C18H20O3/c1-13(2)21-16-9-10-17(14(3)19)18(11-16)20-12-15-7-5-4-6-8-15/h4-11,13H,12H2,1-3H3. The predicted octanol–water partition coefficient (Wildman–Crippen LogP) is 4.26. The van der Waals surface area contributed by atoms with Crippen molar-refractivity contribution in [2.45, 2.75) is 33.5 Å². The van der Waals surface area contributed by atoms with Crippen molar-refractivity contribution in [2.75, 3.05) is 0 Å². The topological polar surface area (TPSA) is 35.5 Å². The molecule has 0 spiro atoms. The van der Waals surface area contributed by atoms with E-state index in [2.05, 4.69) is 0 Å². The number of benzene rings is 2. The molecule has 0 aliphatic carbocycles. The number of hydrogen-bond donors (Lipinski definition) is 0. The molecule has 3 heteroatoms. The summed E-state index contributed by atoms with van der Waals surface area (Å²) in [6.07, 6.45) is 0.0788. The third-order valence-electron chi connectivity index (χ3n) is 2.94. The molecule has 2 rings (SSSR count).